The Balaban J connectivity index is 2.02. The number of piperidine rings is 1. The van der Waals surface area contributed by atoms with Crippen molar-refractivity contribution in [3.05, 3.63) is 30.2 Å². The first-order chi connectivity index (χ1) is 10.9. The van der Waals surface area contributed by atoms with E-state index in [4.69, 9.17) is 4.98 Å². The summed E-state index contributed by atoms with van der Waals surface area (Å²) in [6.45, 7) is 5.79. The van der Waals surface area contributed by atoms with Gasteiger partial charge in [0.25, 0.3) is 0 Å². The summed E-state index contributed by atoms with van der Waals surface area (Å²) in [6, 6.07) is 4.13. The van der Waals surface area contributed by atoms with Crippen LogP contribution in [-0.4, -0.2) is 47.4 Å². The highest BCUT2D eigenvalue weighted by Gasteiger charge is 2.36. The molecule has 0 spiro atoms. The molecule has 0 saturated carbocycles. The smallest absolute Gasteiger partial charge is 0.222 e. The van der Waals surface area contributed by atoms with Crippen molar-refractivity contribution >= 4 is 17.2 Å². The van der Waals surface area contributed by atoms with E-state index in [1.54, 1.807) is 0 Å². The van der Waals surface area contributed by atoms with Crippen molar-refractivity contribution in [3.8, 4) is 0 Å². The number of anilines is 1. The van der Waals surface area contributed by atoms with Gasteiger partial charge in [-0.05, 0) is 25.0 Å². The van der Waals surface area contributed by atoms with Crippen molar-refractivity contribution in [3.63, 3.8) is 0 Å². The van der Waals surface area contributed by atoms with Crippen LogP contribution in [0.5, 0.6) is 0 Å². The number of carbonyl (C=O) groups excluding carboxylic acids is 1. The topological polar surface area (TPSA) is 40.9 Å². The summed E-state index contributed by atoms with van der Waals surface area (Å²) in [5.41, 5.74) is 2.09. The summed E-state index contributed by atoms with van der Waals surface area (Å²) in [5, 5.41) is 0. The number of fused-ring (bicyclic) bond motifs is 1. The van der Waals surface area contributed by atoms with E-state index in [1.165, 1.54) is 0 Å². The Morgan fingerprint density at radius 2 is 2.22 bits per heavy atom. The molecule has 3 rings (SSSR count). The first kappa shape index (κ1) is 15.8. The average molecular weight is 314 g/mol. The standard InChI is InChI=1S/C18H26N4O/c1-5-16(23)22-11-7-9-18(2,13-22)15-12-21-10-6-8-14(21)17(19-15)20(3)4/h6,8,10,12H,5,7,9,11,13H2,1-4H3. The largest absolute Gasteiger partial charge is 0.361 e. The molecule has 3 heterocycles. The highest BCUT2D eigenvalue weighted by Crippen LogP contribution is 2.34. The van der Waals surface area contributed by atoms with Crippen molar-refractivity contribution in [2.75, 3.05) is 32.1 Å². The van der Waals surface area contributed by atoms with Crippen LogP contribution in [0.3, 0.4) is 0 Å². The van der Waals surface area contributed by atoms with Crippen LogP contribution in [0, 0.1) is 0 Å². The molecule has 0 aromatic carbocycles. The maximum absolute atomic E-state index is 12.1. The molecule has 1 saturated heterocycles. The van der Waals surface area contributed by atoms with Crippen molar-refractivity contribution in [2.24, 2.45) is 0 Å². The van der Waals surface area contributed by atoms with Gasteiger partial charge in [-0.25, -0.2) is 4.98 Å². The number of nitrogens with zero attached hydrogens (tertiary/aromatic N) is 4. The van der Waals surface area contributed by atoms with Gasteiger partial charge in [0.05, 0.1) is 11.2 Å². The van der Waals surface area contributed by atoms with Gasteiger partial charge in [0, 0.05) is 51.4 Å². The first-order valence-electron chi connectivity index (χ1n) is 8.38. The second kappa shape index (κ2) is 5.87. The molecule has 0 N–H and O–H groups in total. The molecule has 1 amide bonds. The number of carbonyl (C=O) groups is 1. The zero-order valence-corrected chi connectivity index (χ0v) is 14.5. The highest BCUT2D eigenvalue weighted by atomic mass is 16.2. The van der Waals surface area contributed by atoms with Crippen LogP contribution in [0.15, 0.2) is 24.5 Å². The minimum atomic E-state index is -0.0910. The lowest BCUT2D eigenvalue weighted by Crippen LogP contribution is -2.47. The first-order valence-corrected chi connectivity index (χ1v) is 8.38. The van der Waals surface area contributed by atoms with Crippen molar-refractivity contribution in [1.82, 2.24) is 14.3 Å². The summed E-state index contributed by atoms with van der Waals surface area (Å²) in [5.74, 6) is 1.22. The summed E-state index contributed by atoms with van der Waals surface area (Å²) < 4.78 is 2.14. The lowest BCUT2D eigenvalue weighted by molar-refractivity contribution is -0.133. The summed E-state index contributed by atoms with van der Waals surface area (Å²) in [6.07, 6.45) is 6.86. The molecule has 23 heavy (non-hydrogen) atoms. The lowest BCUT2D eigenvalue weighted by atomic mass is 9.79. The zero-order valence-electron chi connectivity index (χ0n) is 14.5. The molecule has 2 aromatic heterocycles. The molecule has 1 unspecified atom stereocenters. The second-order valence-corrected chi connectivity index (χ2v) is 6.98. The average Bonchev–Trinajstić information content (AvgIpc) is 3.01. The Hall–Kier alpha value is -2.04. The molecule has 1 atom stereocenters. The highest BCUT2D eigenvalue weighted by molar-refractivity contribution is 5.76. The molecule has 2 aromatic rings. The van der Waals surface area contributed by atoms with E-state index in [9.17, 15) is 4.79 Å². The van der Waals surface area contributed by atoms with Gasteiger partial charge in [-0.3, -0.25) is 4.79 Å². The maximum Gasteiger partial charge on any atom is 0.222 e. The van der Waals surface area contributed by atoms with Crippen LogP contribution in [0.1, 0.15) is 38.8 Å². The number of hydrogen-bond donors (Lipinski definition) is 0. The molecule has 0 radical (unpaired) electrons. The van der Waals surface area contributed by atoms with Gasteiger partial charge in [-0.15, -0.1) is 0 Å². The number of rotatable bonds is 3. The molecule has 5 heteroatoms. The maximum atomic E-state index is 12.1. The fourth-order valence-corrected chi connectivity index (χ4v) is 3.53. The van der Waals surface area contributed by atoms with Crippen LogP contribution < -0.4 is 4.90 Å². The number of aromatic nitrogens is 2. The van der Waals surface area contributed by atoms with E-state index in [1.807, 2.05) is 32.0 Å². The van der Waals surface area contributed by atoms with Crippen LogP contribution in [-0.2, 0) is 10.2 Å². The Kier molecular flexibility index (Phi) is 4.04. The Morgan fingerprint density at radius 3 is 2.91 bits per heavy atom. The molecule has 1 fully saturated rings. The number of amides is 1. The summed E-state index contributed by atoms with van der Waals surface area (Å²) in [4.78, 5) is 21.1. The summed E-state index contributed by atoms with van der Waals surface area (Å²) >= 11 is 0. The normalized spacial score (nSPS) is 21.7. The minimum Gasteiger partial charge on any atom is -0.361 e. The molecule has 0 aliphatic carbocycles. The summed E-state index contributed by atoms with van der Waals surface area (Å²) in [7, 11) is 4.05. The van der Waals surface area contributed by atoms with Crippen LogP contribution >= 0.6 is 0 Å². The predicted octanol–water partition coefficient (Wildman–Crippen LogP) is 2.69. The lowest BCUT2D eigenvalue weighted by Gasteiger charge is -2.40. The minimum absolute atomic E-state index is 0.0910. The molecule has 1 aliphatic heterocycles. The van der Waals surface area contributed by atoms with Gasteiger partial charge in [0.15, 0.2) is 5.82 Å². The quantitative estimate of drug-likeness (QED) is 0.874. The fourth-order valence-electron chi connectivity index (χ4n) is 3.53. The van der Waals surface area contributed by atoms with Crippen molar-refractivity contribution < 1.29 is 4.79 Å². The predicted molar refractivity (Wildman–Crippen MR) is 93.0 cm³/mol. The van der Waals surface area contributed by atoms with Gasteiger partial charge < -0.3 is 14.2 Å². The van der Waals surface area contributed by atoms with Gasteiger partial charge >= 0.3 is 0 Å². The molecular formula is C18H26N4O. The fraction of sp³-hybridized carbons (Fsp3) is 0.556. The van der Waals surface area contributed by atoms with Gasteiger partial charge in [0.1, 0.15) is 0 Å². The Morgan fingerprint density at radius 1 is 1.43 bits per heavy atom. The SMILES string of the molecule is CCC(=O)N1CCCC(C)(c2cn3cccc3c(N(C)C)n2)C1. The third-order valence-corrected chi connectivity index (χ3v) is 4.89. The third-order valence-electron chi connectivity index (χ3n) is 4.89. The van der Waals surface area contributed by atoms with Gasteiger partial charge in [-0.2, -0.15) is 0 Å². The van der Waals surface area contributed by atoms with E-state index in [0.29, 0.717) is 6.42 Å². The molecular weight excluding hydrogens is 288 g/mol. The second-order valence-electron chi connectivity index (χ2n) is 6.98. The van der Waals surface area contributed by atoms with E-state index in [0.717, 1.165) is 43.0 Å². The zero-order chi connectivity index (χ0) is 16.6. The molecule has 124 valence electrons. The molecule has 0 bridgehead atoms. The number of likely N-dealkylation sites (tertiary alicyclic amines) is 1. The monoisotopic (exact) mass is 314 g/mol. The molecule has 5 nitrogen and oxygen atoms in total. The molecule has 1 aliphatic rings. The van der Waals surface area contributed by atoms with E-state index in [-0.39, 0.29) is 11.3 Å². The van der Waals surface area contributed by atoms with Crippen LogP contribution in [0.2, 0.25) is 0 Å². The van der Waals surface area contributed by atoms with E-state index in [2.05, 4.69) is 34.7 Å². The van der Waals surface area contributed by atoms with Crippen molar-refractivity contribution in [2.45, 2.75) is 38.5 Å². The van der Waals surface area contributed by atoms with E-state index < -0.39 is 0 Å². The van der Waals surface area contributed by atoms with Gasteiger partial charge in [-0.1, -0.05) is 13.8 Å². The van der Waals surface area contributed by atoms with Crippen molar-refractivity contribution in [1.29, 1.82) is 0 Å². The Bertz CT molecular complexity index is 721. The Labute approximate surface area is 137 Å². The number of hydrogen-bond acceptors (Lipinski definition) is 3. The van der Waals surface area contributed by atoms with Gasteiger partial charge in [0.2, 0.25) is 5.91 Å². The third kappa shape index (κ3) is 2.80. The van der Waals surface area contributed by atoms with Crippen LogP contribution in [0.25, 0.3) is 5.52 Å². The van der Waals surface area contributed by atoms with E-state index >= 15 is 0 Å². The van der Waals surface area contributed by atoms with Crippen LogP contribution in [0.4, 0.5) is 5.82 Å².